The zero-order valence-electron chi connectivity index (χ0n) is 13.4. The van der Waals surface area contributed by atoms with Gasteiger partial charge in [-0.05, 0) is 53.3 Å². The molecule has 7 nitrogen and oxygen atoms in total. The van der Waals surface area contributed by atoms with Crippen molar-refractivity contribution in [2.45, 2.75) is 29.4 Å². The van der Waals surface area contributed by atoms with Gasteiger partial charge in [-0.15, -0.1) is 0 Å². The molecule has 4 N–H and O–H groups in total. The van der Waals surface area contributed by atoms with Crippen LogP contribution in [0.4, 0.5) is 5.82 Å². The number of fused-ring (bicyclic) bond motifs is 2. The predicted molar refractivity (Wildman–Crippen MR) is 106 cm³/mol. The topological polar surface area (TPSA) is 105 Å². The van der Waals surface area contributed by atoms with Gasteiger partial charge in [-0.25, -0.2) is 15.0 Å². The van der Waals surface area contributed by atoms with Gasteiger partial charge in [0, 0.05) is 21.4 Å². The Morgan fingerprint density at radius 1 is 1.32 bits per heavy atom. The highest BCUT2D eigenvalue weighted by atomic mass is 127. The minimum atomic E-state index is 0.394. The van der Waals surface area contributed by atoms with Crippen LogP contribution >= 0.6 is 34.4 Å². The van der Waals surface area contributed by atoms with Crippen LogP contribution in [-0.2, 0) is 13.0 Å². The van der Waals surface area contributed by atoms with Gasteiger partial charge in [-0.2, -0.15) is 0 Å². The number of nitrogens with two attached hydrogens (primary N) is 2. The molecule has 130 valence electrons. The molecule has 0 bridgehead atoms. The third kappa shape index (κ3) is 3.15. The maximum atomic E-state index is 5.98. The van der Waals surface area contributed by atoms with Crippen LogP contribution in [0.25, 0.3) is 11.2 Å². The van der Waals surface area contributed by atoms with Crippen molar-refractivity contribution in [3.63, 3.8) is 0 Å². The average Bonchev–Trinajstić information content (AvgIpc) is 3.18. The molecule has 3 heterocycles. The Bertz CT molecular complexity index is 944. The normalized spacial score (nSPS) is 13.2. The summed E-state index contributed by atoms with van der Waals surface area (Å²) in [4.78, 5) is 14.2. The lowest BCUT2D eigenvalue weighted by Gasteiger charge is -2.10. The minimum absolute atomic E-state index is 0.394. The summed E-state index contributed by atoms with van der Waals surface area (Å²) in [5, 5.41) is 0.839. The maximum absolute atomic E-state index is 5.98. The van der Waals surface area contributed by atoms with Crippen molar-refractivity contribution in [2.24, 2.45) is 5.73 Å². The van der Waals surface area contributed by atoms with Crippen LogP contribution in [0.15, 0.2) is 28.5 Å². The van der Waals surface area contributed by atoms with Gasteiger partial charge in [-0.3, -0.25) is 0 Å². The van der Waals surface area contributed by atoms with Crippen LogP contribution in [0.5, 0.6) is 5.75 Å². The molecular formula is C16H17IN6OS. The Morgan fingerprint density at radius 3 is 3.04 bits per heavy atom. The smallest absolute Gasteiger partial charge is 0.175 e. The number of nitrogens with zero attached hydrogens (tertiary/aromatic N) is 4. The number of halogens is 1. The van der Waals surface area contributed by atoms with E-state index in [2.05, 4.69) is 54.2 Å². The van der Waals surface area contributed by atoms with Crippen molar-refractivity contribution in [3.05, 3.63) is 27.6 Å². The number of rotatable bonds is 5. The first-order chi connectivity index (χ1) is 12.2. The van der Waals surface area contributed by atoms with Gasteiger partial charge in [0.1, 0.15) is 12.1 Å². The van der Waals surface area contributed by atoms with Gasteiger partial charge in [0.05, 0.1) is 6.61 Å². The van der Waals surface area contributed by atoms with E-state index in [0.717, 1.165) is 47.4 Å². The Hall–Kier alpha value is -1.59. The highest BCUT2D eigenvalue weighted by Gasteiger charge is 2.19. The SMILES string of the molecule is NCCCn1c(Sc2cc3c(cc2I)CCO3)nc2c(N)ncnc21. The summed E-state index contributed by atoms with van der Waals surface area (Å²) in [5.74, 6) is 1.36. The van der Waals surface area contributed by atoms with E-state index in [4.69, 9.17) is 16.2 Å². The van der Waals surface area contributed by atoms with Crippen LogP contribution in [0.1, 0.15) is 12.0 Å². The van der Waals surface area contributed by atoms with Gasteiger partial charge in [0.2, 0.25) is 0 Å². The number of nitrogen functional groups attached to an aromatic ring is 1. The van der Waals surface area contributed by atoms with Crippen LogP contribution in [0.2, 0.25) is 0 Å². The molecule has 0 radical (unpaired) electrons. The summed E-state index contributed by atoms with van der Waals surface area (Å²) in [6.45, 7) is 2.10. The summed E-state index contributed by atoms with van der Waals surface area (Å²) in [6.07, 6.45) is 3.28. The fourth-order valence-corrected chi connectivity index (χ4v) is 4.62. The Kier molecular flexibility index (Phi) is 4.69. The third-order valence-corrected chi connectivity index (χ3v) is 6.37. The van der Waals surface area contributed by atoms with Crippen LogP contribution in [0, 0.1) is 3.57 Å². The Balaban J connectivity index is 1.77. The van der Waals surface area contributed by atoms with E-state index in [-0.39, 0.29) is 0 Å². The Labute approximate surface area is 162 Å². The number of imidazole rings is 1. The largest absolute Gasteiger partial charge is 0.493 e. The molecule has 0 amide bonds. The van der Waals surface area contributed by atoms with Crippen LogP contribution < -0.4 is 16.2 Å². The molecule has 2 aromatic heterocycles. The van der Waals surface area contributed by atoms with Crippen molar-refractivity contribution in [1.29, 1.82) is 0 Å². The second-order valence-electron chi connectivity index (χ2n) is 5.71. The lowest BCUT2D eigenvalue weighted by Crippen LogP contribution is -2.07. The fourth-order valence-electron chi connectivity index (χ4n) is 2.82. The maximum Gasteiger partial charge on any atom is 0.175 e. The quantitative estimate of drug-likeness (QED) is 0.555. The van der Waals surface area contributed by atoms with Gasteiger partial charge in [0.25, 0.3) is 0 Å². The lowest BCUT2D eigenvalue weighted by molar-refractivity contribution is 0.356. The lowest BCUT2D eigenvalue weighted by atomic mass is 10.2. The van der Waals surface area contributed by atoms with Crippen molar-refractivity contribution >= 4 is 51.3 Å². The summed E-state index contributed by atoms with van der Waals surface area (Å²) >= 11 is 3.95. The molecule has 0 saturated heterocycles. The van der Waals surface area contributed by atoms with E-state index in [1.165, 1.54) is 15.5 Å². The zero-order chi connectivity index (χ0) is 17.4. The van der Waals surface area contributed by atoms with Crippen molar-refractivity contribution < 1.29 is 4.74 Å². The van der Waals surface area contributed by atoms with Crippen molar-refractivity contribution in [2.75, 3.05) is 18.9 Å². The second-order valence-corrected chi connectivity index (χ2v) is 7.88. The summed E-state index contributed by atoms with van der Waals surface area (Å²) < 4.78 is 8.95. The van der Waals surface area contributed by atoms with E-state index in [1.54, 1.807) is 11.8 Å². The molecule has 0 atom stereocenters. The number of benzene rings is 1. The molecule has 0 aliphatic carbocycles. The summed E-state index contributed by atoms with van der Waals surface area (Å²) in [5.41, 5.74) is 14.3. The highest BCUT2D eigenvalue weighted by molar-refractivity contribution is 14.1. The van der Waals surface area contributed by atoms with Gasteiger partial charge >= 0.3 is 0 Å². The fraction of sp³-hybridized carbons (Fsp3) is 0.312. The molecule has 1 aliphatic heterocycles. The first kappa shape index (κ1) is 16.9. The van der Waals surface area contributed by atoms with Crippen LogP contribution in [0.3, 0.4) is 0 Å². The molecule has 0 saturated carbocycles. The highest BCUT2D eigenvalue weighted by Crippen LogP contribution is 2.38. The van der Waals surface area contributed by atoms with Gasteiger partial charge in [0.15, 0.2) is 22.1 Å². The van der Waals surface area contributed by atoms with Gasteiger partial charge in [-0.1, -0.05) is 11.8 Å². The molecule has 1 aromatic carbocycles. The van der Waals surface area contributed by atoms with Gasteiger partial charge < -0.3 is 20.8 Å². The summed E-state index contributed by atoms with van der Waals surface area (Å²) in [7, 11) is 0. The third-order valence-electron chi connectivity index (χ3n) is 4.06. The zero-order valence-corrected chi connectivity index (χ0v) is 16.4. The molecule has 0 unspecified atom stereocenters. The van der Waals surface area contributed by atoms with Crippen molar-refractivity contribution in [3.8, 4) is 5.75 Å². The van der Waals surface area contributed by atoms with E-state index in [9.17, 15) is 0 Å². The molecular weight excluding hydrogens is 451 g/mol. The van der Waals surface area contributed by atoms with Crippen LogP contribution in [-0.4, -0.2) is 32.7 Å². The van der Waals surface area contributed by atoms with E-state index >= 15 is 0 Å². The molecule has 0 spiro atoms. The number of ether oxygens (including phenoxy) is 1. The first-order valence-electron chi connectivity index (χ1n) is 7.97. The number of aryl methyl sites for hydroxylation is 1. The number of hydrogen-bond acceptors (Lipinski definition) is 7. The molecule has 9 heteroatoms. The first-order valence-corrected chi connectivity index (χ1v) is 9.86. The monoisotopic (exact) mass is 468 g/mol. The Morgan fingerprint density at radius 2 is 2.20 bits per heavy atom. The summed E-state index contributed by atoms with van der Waals surface area (Å²) in [6, 6.07) is 4.28. The predicted octanol–water partition coefficient (Wildman–Crippen LogP) is 2.45. The minimum Gasteiger partial charge on any atom is -0.493 e. The molecule has 1 aliphatic rings. The standard InChI is InChI=1S/C16H17IN6OS/c17-10-6-9-2-5-24-11(9)7-12(10)25-16-22-13-14(19)20-8-21-15(13)23(16)4-1-3-18/h6-8H,1-5,18H2,(H2,19,20,21). The van der Waals surface area contributed by atoms with E-state index in [1.807, 2.05) is 0 Å². The van der Waals surface area contributed by atoms with Crippen molar-refractivity contribution in [1.82, 2.24) is 19.5 Å². The molecule has 4 rings (SSSR count). The number of aromatic nitrogens is 4. The number of hydrogen-bond donors (Lipinski definition) is 2. The second kappa shape index (κ2) is 6.96. The van der Waals surface area contributed by atoms with E-state index in [0.29, 0.717) is 17.9 Å². The number of anilines is 1. The molecule has 3 aromatic rings. The molecule has 0 fully saturated rings. The average molecular weight is 468 g/mol. The van der Waals surface area contributed by atoms with E-state index < -0.39 is 0 Å². The molecule has 25 heavy (non-hydrogen) atoms.